The number of hydrogen-bond donors (Lipinski definition) is 2. The molecule has 1 aliphatic heterocycles. The standard InChI is InChI=1S/C8H15NO4S/c1-2-8(7(10)11)3-4-14(12,13)5-6(8)9/h6H,2-5,9H2,1H3,(H,10,11). The lowest BCUT2D eigenvalue weighted by molar-refractivity contribution is -0.150. The molecule has 1 saturated heterocycles. The van der Waals surface area contributed by atoms with E-state index in [0.29, 0.717) is 6.42 Å². The summed E-state index contributed by atoms with van der Waals surface area (Å²) in [5, 5.41) is 9.05. The van der Waals surface area contributed by atoms with Gasteiger partial charge in [-0.2, -0.15) is 0 Å². The van der Waals surface area contributed by atoms with Gasteiger partial charge >= 0.3 is 5.97 Å². The summed E-state index contributed by atoms with van der Waals surface area (Å²) in [6.45, 7) is 1.73. The molecular weight excluding hydrogens is 206 g/mol. The molecule has 0 bridgehead atoms. The smallest absolute Gasteiger partial charge is 0.311 e. The van der Waals surface area contributed by atoms with Gasteiger partial charge in [-0.3, -0.25) is 4.79 Å². The number of rotatable bonds is 2. The zero-order valence-corrected chi connectivity index (χ0v) is 8.88. The van der Waals surface area contributed by atoms with Crippen molar-refractivity contribution in [1.82, 2.24) is 0 Å². The summed E-state index contributed by atoms with van der Waals surface area (Å²) >= 11 is 0. The first kappa shape index (κ1) is 11.5. The van der Waals surface area contributed by atoms with Gasteiger partial charge in [0.15, 0.2) is 9.84 Å². The average Bonchev–Trinajstić information content (AvgIpc) is 2.03. The van der Waals surface area contributed by atoms with Crippen LogP contribution in [0.2, 0.25) is 0 Å². The Balaban J connectivity index is 2.98. The number of aliphatic carboxylic acids is 1. The molecule has 6 heteroatoms. The second-order valence-electron chi connectivity index (χ2n) is 3.79. The molecule has 0 radical (unpaired) electrons. The minimum Gasteiger partial charge on any atom is -0.481 e. The Morgan fingerprint density at radius 2 is 2.21 bits per heavy atom. The van der Waals surface area contributed by atoms with Crippen LogP contribution in [0.3, 0.4) is 0 Å². The average molecular weight is 221 g/mol. The maximum absolute atomic E-state index is 11.2. The van der Waals surface area contributed by atoms with Crippen LogP contribution in [-0.2, 0) is 14.6 Å². The minimum absolute atomic E-state index is 0.0686. The van der Waals surface area contributed by atoms with Crippen LogP contribution in [0.15, 0.2) is 0 Å². The van der Waals surface area contributed by atoms with Crippen LogP contribution in [0, 0.1) is 5.41 Å². The summed E-state index contributed by atoms with van der Waals surface area (Å²) in [5.74, 6) is -1.27. The normalized spacial score (nSPS) is 36.6. The van der Waals surface area contributed by atoms with Gasteiger partial charge in [0, 0.05) is 6.04 Å². The second-order valence-corrected chi connectivity index (χ2v) is 6.01. The molecule has 2 unspecified atom stereocenters. The fourth-order valence-electron chi connectivity index (χ4n) is 1.90. The highest BCUT2D eigenvalue weighted by Crippen LogP contribution is 2.35. The van der Waals surface area contributed by atoms with Gasteiger partial charge in [-0.05, 0) is 12.8 Å². The summed E-state index contributed by atoms with van der Waals surface area (Å²) in [7, 11) is -3.13. The van der Waals surface area contributed by atoms with Crippen LogP contribution in [0.5, 0.6) is 0 Å². The zero-order chi connectivity index (χ0) is 11.0. The van der Waals surface area contributed by atoms with E-state index in [2.05, 4.69) is 0 Å². The van der Waals surface area contributed by atoms with E-state index in [1.165, 1.54) is 0 Å². The van der Waals surface area contributed by atoms with Crippen molar-refractivity contribution >= 4 is 15.8 Å². The zero-order valence-electron chi connectivity index (χ0n) is 8.06. The van der Waals surface area contributed by atoms with Crippen LogP contribution in [0.1, 0.15) is 19.8 Å². The molecule has 82 valence electrons. The third kappa shape index (κ3) is 1.76. The second kappa shape index (κ2) is 3.51. The predicted octanol–water partition coefficient (Wildman–Crippen LogP) is -0.387. The molecule has 0 saturated carbocycles. The number of carboxylic acids is 1. The van der Waals surface area contributed by atoms with E-state index in [4.69, 9.17) is 10.8 Å². The van der Waals surface area contributed by atoms with Crippen molar-refractivity contribution in [2.24, 2.45) is 11.1 Å². The van der Waals surface area contributed by atoms with Crippen LogP contribution < -0.4 is 5.73 Å². The lowest BCUT2D eigenvalue weighted by Crippen LogP contribution is -2.55. The molecule has 0 aromatic rings. The Morgan fingerprint density at radius 1 is 1.64 bits per heavy atom. The van der Waals surface area contributed by atoms with Gasteiger partial charge in [-0.25, -0.2) is 8.42 Å². The van der Waals surface area contributed by atoms with Gasteiger partial charge < -0.3 is 10.8 Å². The quantitative estimate of drug-likeness (QED) is 0.662. The lowest BCUT2D eigenvalue weighted by Gasteiger charge is -2.37. The van der Waals surface area contributed by atoms with Gasteiger partial charge in [-0.15, -0.1) is 0 Å². The van der Waals surface area contributed by atoms with Crippen molar-refractivity contribution in [1.29, 1.82) is 0 Å². The van der Waals surface area contributed by atoms with E-state index < -0.39 is 27.3 Å². The molecule has 0 aliphatic carbocycles. The topological polar surface area (TPSA) is 97.5 Å². The van der Waals surface area contributed by atoms with Gasteiger partial charge in [-0.1, -0.05) is 6.92 Å². The Bertz CT molecular complexity index is 337. The highest BCUT2D eigenvalue weighted by Gasteiger charge is 2.48. The molecule has 2 atom stereocenters. The Morgan fingerprint density at radius 3 is 2.57 bits per heavy atom. The lowest BCUT2D eigenvalue weighted by atomic mass is 9.76. The molecule has 1 heterocycles. The Kier molecular flexibility index (Phi) is 2.87. The molecule has 0 aromatic carbocycles. The van der Waals surface area contributed by atoms with Crippen LogP contribution in [-0.4, -0.2) is 37.0 Å². The van der Waals surface area contributed by atoms with Crippen molar-refractivity contribution in [3.8, 4) is 0 Å². The Labute approximate surface area is 83.2 Å². The molecule has 3 N–H and O–H groups in total. The summed E-state index contributed by atoms with van der Waals surface area (Å²) in [6.07, 6.45) is 0.501. The summed E-state index contributed by atoms with van der Waals surface area (Å²) in [5.41, 5.74) is 4.59. The first-order valence-corrected chi connectivity index (χ1v) is 6.35. The van der Waals surface area contributed by atoms with Gasteiger partial charge in [0.2, 0.25) is 0 Å². The molecule has 14 heavy (non-hydrogen) atoms. The maximum Gasteiger partial charge on any atom is 0.311 e. The van der Waals surface area contributed by atoms with Gasteiger partial charge in [0.25, 0.3) is 0 Å². The number of carboxylic acid groups (broad SMARTS) is 1. The van der Waals surface area contributed by atoms with Crippen LogP contribution in [0.25, 0.3) is 0 Å². The van der Waals surface area contributed by atoms with Crippen molar-refractivity contribution in [2.45, 2.75) is 25.8 Å². The SMILES string of the molecule is CCC1(C(=O)O)CCS(=O)(=O)CC1N. The van der Waals surface area contributed by atoms with Crippen molar-refractivity contribution in [3.63, 3.8) is 0 Å². The number of sulfone groups is 1. The van der Waals surface area contributed by atoms with Crippen LogP contribution in [0.4, 0.5) is 0 Å². The Hall–Kier alpha value is -0.620. The van der Waals surface area contributed by atoms with E-state index in [0.717, 1.165) is 0 Å². The molecule has 1 aliphatic rings. The van der Waals surface area contributed by atoms with Crippen molar-refractivity contribution < 1.29 is 18.3 Å². The molecular formula is C8H15NO4S. The number of carbonyl (C=O) groups is 1. The number of nitrogens with two attached hydrogens (primary N) is 1. The fraction of sp³-hybridized carbons (Fsp3) is 0.875. The molecule has 1 fully saturated rings. The first-order chi connectivity index (χ1) is 6.34. The monoisotopic (exact) mass is 221 g/mol. The van der Waals surface area contributed by atoms with E-state index in [1.807, 2.05) is 0 Å². The molecule has 1 rings (SSSR count). The molecule has 0 amide bonds. The van der Waals surface area contributed by atoms with Crippen molar-refractivity contribution in [3.05, 3.63) is 0 Å². The summed E-state index contributed by atoms with van der Waals surface area (Å²) < 4.78 is 22.4. The van der Waals surface area contributed by atoms with E-state index in [9.17, 15) is 13.2 Å². The molecule has 5 nitrogen and oxygen atoms in total. The van der Waals surface area contributed by atoms with Gasteiger partial charge in [0.1, 0.15) is 0 Å². The maximum atomic E-state index is 11.2. The number of hydrogen-bond acceptors (Lipinski definition) is 4. The predicted molar refractivity (Wildman–Crippen MR) is 51.6 cm³/mol. The van der Waals surface area contributed by atoms with E-state index in [1.54, 1.807) is 6.92 Å². The first-order valence-electron chi connectivity index (χ1n) is 4.53. The highest BCUT2D eigenvalue weighted by atomic mass is 32.2. The molecule has 0 aromatic heterocycles. The summed E-state index contributed by atoms with van der Waals surface area (Å²) in [4.78, 5) is 11.1. The van der Waals surface area contributed by atoms with Crippen molar-refractivity contribution in [2.75, 3.05) is 11.5 Å². The fourth-order valence-corrected chi connectivity index (χ4v) is 3.60. The molecule has 0 spiro atoms. The largest absolute Gasteiger partial charge is 0.481 e. The summed E-state index contributed by atoms with van der Waals surface area (Å²) in [6, 6.07) is -0.788. The van der Waals surface area contributed by atoms with Crippen LogP contribution >= 0.6 is 0 Å². The third-order valence-corrected chi connectivity index (χ3v) is 4.75. The third-order valence-electron chi connectivity index (χ3n) is 3.06. The minimum atomic E-state index is -3.13. The van der Waals surface area contributed by atoms with Gasteiger partial charge in [0.05, 0.1) is 16.9 Å². The van der Waals surface area contributed by atoms with E-state index >= 15 is 0 Å². The highest BCUT2D eigenvalue weighted by molar-refractivity contribution is 7.91. The van der Waals surface area contributed by atoms with E-state index in [-0.39, 0.29) is 17.9 Å².